The summed E-state index contributed by atoms with van der Waals surface area (Å²) in [5, 5.41) is 20.0. The number of aliphatic hydroxyl groups excluding tert-OH is 1. The Labute approximate surface area is 205 Å². The van der Waals surface area contributed by atoms with Crippen LogP contribution in [0, 0.1) is 13.8 Å². The first-order chi connectivity index (χ1) is 16.5. The molecule has 2 saturated heterocycles. The number of hydrogen-bond acceptors (Lipinski definition) is 10. The topological polar surface area (TPSA) is 113 Å². The maximum absolute atomic E-state index is 13.2. The number of nitrogens with zero attached hydrogens (tertiary/aromatic N) is 5. The molecule has 3 aromatic rings. The molecule has 2 aliphatic rings. The van der Waals surface area contributed by atoms with Gasteiger partial charge in [-0.05, 0) is 38.8 Å². The van der Waals surface area contributed by atoms with Gasteiger partial charge in [-0.15, -0.1) is 22.7 Å². The van der Waals surface area contributed by atoms with Gasteiger partial charge in [0.15, 0.2) is 5.13 Å². The second-order valence-electron chi connectivity index (χ2n) is 8.46. The van der Waals surface area contributed by atoms with Crippen LogP contribution in [0.5, 0.6) is 0 Å². The highest BCUT2D eigenvalue weighted by atomic mass is 32.1. The summed E-state index contributed by atoms with van der Waals surface area (Å²) in [4.78, 5) is 35.0. The van der Waals surface area contributed by atoms with Crippen molar-refractivity contribution in [2.45, 2.75) is 51.6 Å². The molecule has 11 heteroatoms. The third-order valence-electron chi connectivity index (χ3n) is 6.06. The first-order valence-electron chi connectivity index (χ1n) is 11.3. The molecule has 178 valence electrons. The molecule has 2 fully saturated rings. The van der Waals surface area contributed by atoms with Crippen molar-refractivity contribution >= 4 is 45.2 Å². The summed E-state index contributed by atoms with van der Waals surface area (Å²) in [6.45, 7) is 4.13. The third kappa shape index (κ3) is 4.68. The van der Waals surface area contributed by atoms with Crippen LogP contribution in [-0.4, -0.2) is 61.9 Å². The van der Waals surface area contributed by atoms with Gasteiger partial charge in [-0.25, -0.2) is 15.0 Å². The molecular weight excluding hydrogens is 472 g/mol. The molecule has 3 aromatic heterocycles. The summed E-state index contributed by atoms with van der Waals surface area (Å²) < 4.78 is 0. The molecule has 1 amide bonds. The number of aryl methyl sites for hydroxylation is 2. The van der Waals surface area contributed by atoms with Crippen molar-refractivity contribution in [3.05, 3.63) is 40.0 Å². The van der Waals surface area contributed by atoms with Gasteiger partial charge in [0.25, 0.3) is 5.91 Å². The van der Waals surface area contributed by atoms with E-state index >= 15 is 0 Å². The first kappa shape index (κ1) is 22.9. The van der Waals surface area contributed by atoms with Gasteiger partial charge >= 0.3 is 0 Å². The SMILES string of the molecule is Cc1nc(C)c(-c2csc(Nc3ccc(C(=O)N4[C@@H]5CC[C@H]4CC(=NOCCO)C5)cn3)n2)s1. The molecule has 0 spiro atoms. The van der Waals surface area contributed by atoms with E-state index in [1.54, 1.807) is 17.5 Å². The number of carbonyl (C=O) groups excluding carboxylic acids is 1. The zero-order valence-electron chi connectivity index (χ0n) is 19.0. The summed E-state index contributed by atoms with van der Waals surface area (Å²) in [6.07, 6.45) is 4.99. The number of anilines is 2. The molecular formula is C23H26N6O3S2. The Balaban J connectivity index is 1.23. The first-order valence-corrected chi connectivity index (χ1v) is 13.0. The number of hydrogen-bond donors (Lipinski definition) is 2. The summed E-state index contributed by atoms with van der Waals surface area (Å²) in [7, 11) is 0. The van der Waals surface area contributed by atoms with Crippen LogP contribution >= 0.6 is 22.7 Å². The Hall–Kier alpha value is -2.89. The van der Waals surface area contributed by atoms with Crippen LogP contribution in [0.4, 0.5) is 10.9 Å². The van der Waals surface area contributed by atoms with Crippen molar-refractivity contribution in [1.82, 2.24) is 19.9 Å². The highest BCUT2D eigenvalue weighted by molar-refractivity contribution is 7.16. The number of carbonyl (C=O) groups is 1. The normalized spacial score (nSPS) is 20.7. The fourth-order valence-electron chi connectivity index (χ4n) is 4.63. The van der Waals surface area contributed by atoms with E-state index in [4.69, 9.17) is 9.94 Å². The lowest BCUT2D eigenvalue weighted by atomic mass is 9.99. The van der Waals surface area contributed by atoms with Crippen LogP contribution in [0.25, 0.3) is 10.6 Å². The van der Waals surface area contributed by atoms with E-state index in [9.17, 15) is 4.79 Å². The van der Waals surface area contributed by atoms with Crippen molar-refractivity contribution in [1.29, 1.82) is 0 Å². The lowest BCUT2D eigenvalue weighted by Gasteiger charge is -2.35. The minimum Gasteiger partial charge on any atom is -0.393 e. The van der Waals surface area contributed by atoms with Gasteiger partial charge in [0.1, 0.15) is 12.4 Å². The molecule has 5 rings (SSSR count). The zero-order valence-corrected chi connectivity index (χ0v) is 20.7. The predicted molar refractivity (Wildman–Crippen MR) is 133 cm³/mol. The molecule has 0 radical (unpaired) electrons. The number of pyridine rings is 1. The minimum absolute atomic E-state index is 0.00875. The van der Waals surface area contributed by atoms with Crippen LogP contribution in [0.2, 0.25) is 0 Å². The van der Waals surface area contributed by atoms with Crippen molar-refractivity contribution < 1.29 is 14.7 Å². The van der Waals surface area contributed by atoms with Crippen molar-refractivity contribution in [3.8, 4) is 10.6 Å². The Morgan fingerprint density at radius 1 is 1.26 bits per heavy atom. The molecule has 2 atom stereocenters. The average molecular weight is 499 g/mol. The van der Waals surface area contributed by atoms with Crippen molar-refractivity contribution in [2.75, 3.05) is 18.5 Å². The summed E-state index contributed by atoms with van der Waals surface area (Å²) in [5.74, 6) is 0.654. The summed E-state index contributed by atoms with van der Waals surface area (Å²) in [5.41, 5.74) is 3.44. The highest BCUT2D eigenvalue weighted by Crippen LogP contribution is 2.36. The number of fused-ring (bicyclic) bond motifs is 2. The van der Waals surface area contributed by atoms with E-state index in [0.717, 1.165) is 45.0 Å². The molecule has 5 heterocycles. The summed E-state index contributed by atoms with van der Waals surface area (Å²) in [6, 6.07) is 3.90. The van der Waals surface area contributed by atoms with Gasteiger partial charge in [-0.3, -0.25) is 4.79 Å². The standard InChI is InChI=1S/C23H26N6O3S2/c1-13-21(34-14(2)25-13)19-12-33-23(26-19)27-20-6-3-15(11-24-20)22(31)29-17-4-5-18(29)10-16(9-17)28-32-8-7-30/h3,6,11-12,17-18,30H,4-5,7-10H2,1-2H3,(H,24,26,27)/t17-,18+. The van der Waals surface area contributed by atoms with Crippen LogP contribution in [0.1, 0.15) is 46.7 Å². The molecule has 0 saturated carbocycles. The number of aliphatic hydroxyl groups is 1. The van der Waals surface area contributed by atoms with E-state index < -0.39 is 0 Å². The maximum Gasteiger partial charge on any atom is 0.255 e. The fraction of sp³-hybridized carbons (Fsp3) is 0.435. The lowest BCUT2D eigenvalue weighted by Crippen LogP contribution is -2.46. The Morgan fingerprint density at radius 3 is 2.71 bits per heavy atom. The quantitative estimate of drug-likeness (QED) is 0.372. The van der Waals surface area contributed by atoms with Crippen LogP contribution in [0.15, 0.2) is 28.9 Å². The van der Waals surface area contributed by atoms with E-state index in [2.05, 4.69) is 25.4 Å². The molecule has 34 heavy (non-hydrogen) atoms. The Bertz CT molecular complexity index is 1190. The summed E-state index contributed by atoms with van der Waals surface area (Å²) >= 11 is 3.15. The molecule has 2 N–H and O–H groups in total. The fourth-order valence-corrected chi connectivity index (χ4v) is 6.29. The van der Waals surface area contributed by atoms with Crippen LogP contribution < -0.4 is 5.32 Å². The molecule has 0 aliphatic carbocycles. The van der Waals surface area contributed by atoms with E-state index in [-0.39, 0.29) is 31.2 Å². The molecule has 2 bridgehead atoms. The monoisotopic (exact) mass is 498 g/mol. The third-order valence-corrected chi connectivity index (χ3v) is 7.91. The molecule has 2 aliphatic heterocycles. The van der Waals surface area contributed by atoms with Crippen molar-refractivity contribution in [2.24, 2.45) is 5.16 Å². The van der Waals surface area contributed by atoms with Gasteiger partial charge in [0.2, 0.25) is 0 Å². The Morgan fingerprint density at radius 2 is 2.06 bits per heavy atom. The van der Waals surface area contributed by atoms with Crippen LogP contribution in [0.3, 0.4) is 0 Å². The molecule has 0 unspecified atom stereocenters. The van der Waals surface area contributed by atoms with Gasteiger partial charge in [0.05, 0.1) is 39.2 Å². The number of oxime groups is 1. The van der Waals surface area contributed by atoms with Gasteiger partial charge < -0.3 is 20.2 Å². The Kier molecular flexibility index (Phi) is 6.57. The highest BCUT2D eigenvalue weighted by Gasteiger charge is 2.42. The predicted octanol–water partition coefficient (Wildman–Crippen LogP) is 4.15. The van der Waals surface area contributed by atoms with Gasteiger partial charge in [0, 0.05) is 36.5 Å². The van der Waals surface area contributed by atoms with Gasteiger partial charge in [-0.1, -0.05) is 5.16 Å². The number of aromatic nitrogens is 3. The zero-order chi connectivity index (χ0) is 23.7. The lowest BCUT2D eigenvalue weighted by molar-refractivity contribution is 0.0644. The number of amides is 1. The van der Waals surface area contributed by atoms with E-state index in [1.165, 1.54) is 11.3 Å². The number of rotatable bonds is 7. The molecule has 0 aromatic carbocycles. The smallest absolute Gasteiger partial charge is 0.255 e. The maximum atomic E-state index is 13.2. The van der Waals surface area contributed by atoms with E-state index in [1.807, 2.05) is 36.3 Å². The second kappa shape index (κ2) is 9.77. The van der Waals surface area contributed by atoms with Crippen LogP contribution in [-0.2, 0) is 4.84 Å². The van der Waals surface area contributed by atoms with Gasteiger partial charge in [-0.2, -0.15) is 0 Å². The average Bonchev–Trinajstić information content (AvgIpc) is 3.49. The number of thiazole rings is 2. The number of piperidine rings is 1. The van der Waals surface area contributed by atoms with Crippen molar-refractivity contribution in [3.63, 3.8) is 0 Å². The van der Waals surface area contributed by atoms with E-state index in [0.29, 0.717) is 24.2 Å². The number of nitrogens with one attached hydrogen (secondary N) is 1. The molecule has 9 nitrogen and oxygen atoms in total. The largest absolute Gasteiger partial charge is 0.393 e. The second-order valence-corrected chi connectivity index (χ2v) is 10.5. The minimum atomic E-state index is -0.0543.